The van der Waals surface area contributed by atoms with Gasteiger partial charge in [-0.05, 0) is 32.4 Å². The molecule has 0 N–H and O–H groups in total. The Bertz CT molecular complexity index is 283. The summed E-state index contributed by atoms with van der Waals surface area (Å²) in [5.74, 6) is -2.19. The summed E-state index contributed by atoms with van der Waals surface area (Å²) in [5.41, 5.74) is 0. The number of thioether (sulfide) groups is 1. The molecule has 0 bridgehead atoms. The molecule has 0 aromatic heterocycles. The highest BCUT2D eigenvalue weighted by molar-refractivity contribution is 8.00. The summed E-state index contributed by atoms with van der Waals surface area (Å²) in [5, 5.41) is -0.214. The van der Waals surface area contributed by atoms with E-state index in [4.69, 9.17) is 4.74 Å². The van der Waals surface area contributed by atoms with Gasteiger partial charge in [0.2, 0.25) is 5.92 Å². The van der Waals surface area contributed by atoms with Crippen molar-refractivity contribution in [2.24, 2.45) is 0 Å². The molecule has 0 saturated heterocycles. The molecule has 21 heavy (non-hydrogen) atoms. The lowest BCUT2D eigenvalue weighted by molar-refractivity contribution is -0.146. The quantitative estimate of drug-likeness (QED) is 0.353. The molecule has 0 aliphatic carbocycles. The Labute approximate surface area is 132 Å². The number of hydrogen-bond acceptors (Lipinski definition) is 3. The van der Waals surface area contributed by atoms with E-state index >= 15 is 0 Å². The van der Waals surface area contributed by atoms with Crippen LogP contribution in [0.15, 0.2) is 0 Å². The first-order chi connectivity index (χ1) is 9.82. The molecule has 0 radical (unpaired) electrons. The average Bonchev–Trinajstić information content (AvgIpc) is 2.40. The summed E-state index contributed by atoms with van der Waals surface area (Å²) < 4.78 is 31.6. The minimum absolute atomic E-state index is 0.0998. The third-order valence-electron chi connectivity index (χ3n) is 3.21. The summed E-state index contributed by atoms with van der Waals surface area (Å²) in [4.78, 5) is 12.0. The molecule has 0 fully saturated rings. The van der Waals surface area contributed by atoms with Gasteiger partial charge in [-0.25, -0.2) is 8.78 Å². The second kappa shape index (κ2) is 11.3. The summed E-state index contributed by atoms with van der Waals surface area (Å²) in [7, 11) is 0. The third kappa shape index (κ3) is 11.0. The zero-order chi connectivity index (χ0) is 16.3. The molecule has 0 aromatic rings. The molecule has 0 heterocycles. The van der Waals surface area contributed by atoms with Crippen molar-refractivity contribution in [2.75, 3.05) is 5.75 Å². The molecule has 0 spiro atoms. The molecule has 1 atom stereocenters. The van der Waals surface area contributed by atoms with Crippen LogP contribution < -0.4 is 0 Å². The second-order valence-corrected chi connectivity index (χ2v) is 6.96. The lowest BCUT2D eigenvalue weighted by atomic mass is 10.1. The second-order valence-electron chi connectivity index (χ2n) is 5.65. The van der Waals surface area contributed by atoms with E-state index in [1.807, 2.05) is 13.8 Å². The molecule has 1 unspecified atom stereocenters. The van der Waals surface area contributed by atoms with Gasteiger partial charge in [-0.3, -0.25) is 4.79 Å². The first-order valence-corrected chi connectivity index (χ1v) is 9.07. The molecule has 0 aromatic carbocycles. The lowest BCUT2D eigenvalue weighted by Gasteiger charge is -2.18. The first-order valence-electron chi connectivity index (χ1n) is 8.02. The van der Waals surface area contributed by atoms with Crippen molar-refractivity contribution in [3.05, 3.63) is 0 Å². The van der Waals surface area contributed by atoms with Gasteiger partial charge in [0, 0.05) is 12.8 Å². The van der Waals surface area contributed by atoms with E-state index in [9.17, 15) is 13.6 Å². The Morgan fingerprint density at radius 3 is 2.38 bits per heavy atom. The van der Waals surface area contributed by atoms with E-state index in [1.165, 1.54) is 18.7 Å². The highest BCUT2D eigenvalue weighted by atomic mass is 32.2. The monoisotopic (exact) mass is 324 g/mol. The number of alkyl halides is 2. The maximum atomic E-state index is 13.2. The van der Waals surface area contributed by atoms with Crippen LogP contribution >= 0.6 is 11.8 Å². The summed E-state index contributed by atoms with van der Waals surface area (Å²) in [6.45, 7) is 7.27. The zero-order valence-corrected chi connectivity index (χ0v) is 14.6. The first kappa shape index (κ1) is 20.7. The topological polar surface area (TPSA) is 26.3 Å². The molecular weight excluding hydrogens is 294 g/mol. The van der Waals surface area contributed by atoms with Crippen LogP contribution in [0, 0.1) is 0 Å². The third-order valence-corrected chi connectivity index (χ3v) is 4.56. The fourth-order valence-corrected chi connectivity index (χ4v) is 3.01. The Kier molecular flexibility index (Phi) is 11.1. The van der Waals surface area contributed by atoms with Crippen molar-refractivity contribution >= 4 is 17.7 Å². The van der Waals surface area contributed by atoms with Gasteiger partial charge >= 0.3 is 5.97 Å². The molecular formula is C16H30F2O2S. The zero-order valence-electron chi connectivity index (χ0n) is 13.8. The summed E-state index contributed by atoms with van der Waals surface area (Å²) in [6, 6.07) is 0. The van der Waals surface area contributed by atoms with Crippen molar-refractivity contribution in [1.29, 1.82) is 0 Å². The normalized spacial score (nSPS) is 13.5. The van der Waals surface area contributed by atoms with Crippen LogP contribution in [-0.2, 0) is 9.53 Å². The van der Waals surface area contributed by atoms with E-state index in [2.05, 4.69) is 6.92 Å². The largest absolute Gasteiger partial charge is 0.462 e. The predicted octanol–water partition coefficient (Wildman–Crippen LogP) is 5.45. The van der Waals surface area contributed by atoms with E-state index in [0.29, 0.717) is 12.2 Å². The van der Waals surface area contributed by atoms with Crippen LogP contribution in [0.3, 0.4) is 0 Å². The van der Waals surface area contributed by atoms with Gasteiger partial charge in [-0.2, -0.15) is 0 Å². The van der Waals surface area contributed by atoms with Gasteiger partial charge in [0.1, 0.15) is 5.25 Å². The van der Waals surface area contributed by atoms with Crippen LogP contribution in [-0.4, -0.2) is 29.0 Å². The molecule has 0 saturated carbocycles. The molecule has 126 valence electrons. The lowest BCUT2D eigenvalue weighted by Crippen LogP contribution is -2.24. The Morgan fingerprint density at radius 1 is 1.19 bits per heavy atom. The standard InChI is InChI=1S/C16H30F2O2S/c1-5-7-8-10-14(15(19)20-13(3)4)21-12-9-11-16(17,18)6-2/h13-14H,5-12H2,1-4H3. The SMILES string of the molecule is CCCCCC(SCCCC(F)(F)CC)C(=O)OC(C)C. The van der Waals surface area contributed by atoms with Crippen LogP contribution in [0.4, 0.5) is 8.78 Å². The van der Waals surface area contributed by atoms with E-state index in [-0.39, 0.29) is 30.2 Å². The van der Waals surface area contributed by atoms with Crippen LogP contribution in [0.5, 0.6) is 0 Å². The van der Waals surface area contributed by atoms with Crippen molar-refractivity contribution in [3.63, 3.8) is 0 Å². The smallest absolute Gasteiger partial charge is 0.319 e. The summed E-state index contributed by atoms with van der Waals surface area (Å²) in [6.07, 6.45) is 4.02. The number of halogens is 2. The summed E-state index contributed by atoms with van der Waals surface area (Å²) >= 11 is 1.47. The average molecular weight is 324 g/mol. The predicted molar refractivity (Wildman–Crippen MR) is 86.1 cm³/mol. The Hall–Kier alpha value is -0.320. The van der Waals surface area contributed by atoms with Gasteiger partial charge in [-0.1, -0.05) is 33.1 Å². The van der Waals surface area contributed by atoms with Crippen LogP contribution in [0.2, 0.25) is 0 Å². The van der Waals surface area contributed by atoms with Gasteiger partial charge in [0.15, 0.2) is 0 Å². The number of hydrogen-bond donors (Lipinski definition) is 0. The molecule has 2 nitrogen and oxygen atoms in total. The molecule has 0 rings (SSSR count). The molecule has 0 aliphatic rings. The van der Waals surface area contributed by atoms with Gasteiger partial charge in [0.05, 0.1) is 6.10 Å². The fourth-order valence-electron chi connectivity index (χ4n) is 1.89. The molecule has 5 heteroatoms. The van der Waals surface area contributed by atoms with Crippen molar-refractivity contribution < 1.29 is 18.3 Å². The van der Waals surface area contributed by atoms with Gasteiger partial charge in [-0.15, -0.1) is 11.8 Å². The van der Waals surface area contributed by atoms with Crippen LogP contribution in [0.25, 0.3) is 0 Å². The van der Waals surface area contributed by atoms with Crippen molar-refractivity contribution in [3.8, 4) is 0 Å². The fraction of sp³-hybridized carbons (Fsp3) is 0.938. The minimum atomic E-state index is -2.57. The number of unbranched alkanes of at least 4 members (excludes halogenated alkanes) is 2. The van der Waals surface area contributed by atoms with E-state index < -0.39 is 5.92 Å². The number of esters is 1. The van der Waals surface area contributed by atoms with Gasteiger partial charge in [0.25, 0.3) is 0 Å². The van der Waals surface area contributed by atoms with E-state index in [1.54, 1.807) is 0 Å². The minimum Gasteiger partial charge on any atom is -0.462 e. The highest BCUT2D eigenvalue weighted by Gasteiger charge is 2.26. The molecule has 0 aliphatic heterocycles. The van der Waals surface area contributed by atoms with E-state index in [0.717, 1.165) is 25.7 Å². The number of carbonyl (C=O) groups is 1. The number of ether oxygens (including phenoxy) is 1. The van der Waals surface area contributed by atoms with Crippen LogP contribution in [0.1, 0.15) is 72.6 Å². The maximum absolute atomic E-state index is 13.2. The Morgan fingerprint density at radius 2 is 1.86 bits per heavy atom. The number of carbonyl (C=O) groups excluding carboxylic acids is 1. The highest BCUT2D eigenvalue weighted by Crippen LogP contribution is 2.27. The molecule has 0 amide bonds. The number of rotatable bonds is 12. The van der Waals surface area contributed by atoms with Gasteiger partial charge < -0.3 is 4.74 Å². The maximum Gasteiger partial charge on any atom is 0.319 e. The van der Waals surface area contributed by atoms with Crippen molar-refractivity contribution in [1.82, 2.24) is 0 Å². The van der Waals surface area contributed by atoms with Crippen molar-refractivity contribution in [2.45, 2.75) is 89.9 Å². The Balaban J connectivity index is 4.17.